The molecule has 1 atom stereocenters. The Morgan fingerprint density at radius 2 is 1.83 bits per heavy atom. The van der Waals surface area contributed by atoms with Crippen LogP contribution in [0.1, 0.15) is 47.0 Å². The fourth-order valence-corrected chi connectivity index (χ4v) is 1.67. The van der Waals surface area contributed by atoms with Crippen molar-refractivity contribution < 1.29 is 23.9 Å². The van der Waals surface area contributed by atoms with Gasteiger partial charge >= 0.3 is 6.09 Å². The highest BCUT2D eigenvalue weighted by atomic mass is 16.5. The van der Waals surface area contributed by atoms with Crippen molar-refractivity contribution >= 4 is 17.8 Å². The second-order valence-corrected chi connectivity index (χ2v) is 5.68. The quantitative estimate of drug-likeness (QED) is 0.567. The lowest BCUT2D eigenvalue weighted by Crippen LogP contribution is -2.50. The molecule has 23 heavy (non-hydrogen) atoms. The lowest BCUT2D eigenvalue weighted by Gasteiger charge is -2.18. The van der Waals surface area contributed by atoms with Gasteiger partial charge in [-0.1, -0.05) is 20.8 Å². The van der Waals surface area contributed by atoms with Crippen LogP contribution in [0.2, 0.25) is 0 Å². The third-order valence-corrected chi connectivity index (χ3v) is 3.01. The zero-order chi connectivity index (χ0) is 17.7. The van der Waals surface area contributed by atoms with Gasteiger partial charge < -0.3 is 20.1 Å². The van der Waals surface area contributed by atoms with E-state index >= 15 is 0 Å². The second-order valence-electron chi connectivity index (χ2n) is 5.68. The summed E-state index contributed by atoms with van der Waals surface area (Å²) in [6.07, 6.45) is 1.24. The topological polar surface area (TPSA) is 93.7 Å². The summed E-state index contributed by atoms with van der Waals surface area (Å²) in [5, 5.41) is 4.99. The van der Waals surface area contributed by atoms with E-state index in [4.69, 9.17) is 9.47 Å². The number of nitrogens with one attached hydrogen (secondary N) is 2. The highest BCUT2D eigenvalue weighted by Gasteiger charge is 2.22. The summed E-state index contributed by atoms with van der Waals surface area (Å²) in [6.45, 7) is 8.44. The van der Waals surface area contributed by atoms with Crippen LogP contribution in [0.15, 0.2) is 0 Å². The number of ether oxygens (including phenoxy) is 2. The molecule has 0 aliphatic heterocycles. The normalized spacial score (nSPS) is 11.9. The van der Waals surface area contributed by atoms with Gasteiger partial charge in [0.05, 0.1) is 19.8 Å². The molecule has 7 heteroatoms. The van der Waals surface area contributed by atoms with Crippen LogP contribution in [0.5, 0.6) is 0 Å². The first kappa shape index (κ1) is 21.4. The maximum absolute atomic E-state index is 12.1. The van der Waals surface area contributed by atoms with Crippen molar-refractivity contribution in [2.75, 3.05) is 26.4 Å². The van der Waals surface area contributed by atoms with Crippen LogP contribution in [-0.2, 0) is 19.1 Å². The Morgan fingerprint density at radius 1 is 1.13 bits per heavy atom. The first-order valence-corrected chi connectivity index (χ1v) is 8.21. The molecular weight excluding hydrogens is 300 g/mol. The standard InChI is InChI=1S/C16H30N2O5/c1-5-7-13(19)10-17-15(20)14(11-22-6-2)18-16(21)23-9-8-12(3)4/h12,14H,5-11H2,1-4H3,(H,17,20)(H,18,21). The minimum atomic E-state index is -0.879. The van der Waals surface area contributed by atoms with Gasteiger partial charge in [0.25, 0.3) is 0 Å². The zero-order valence-corrected chi connectivity index (χ0v) is 14.6. The van der Waals surface area contributed by atoms with Crippen molar-refractivity contribution in [3.8, 4) is 0 Å². The Bertz CT molecular complexity index is 371. The van der Waals surface area contributed by atoms with E-state index < -0.39 is 18.0 Å². The molecule has 0 rings (SSSR count). The molecule has 0 fully saturated rings. The average Bonchev–Trinajstić information content (AvgIpc) is 2.48. The lowest BCUT2D eigenvalue weighted by molar-refractivity contribution is -0.127. The molecule has 0 spiro atoms. The van der Waals surface area contributed by atoms with E-state index in [1.54, 1.807) is 6.92 Å². The number of Topliss-reactive ketones (excluding diaryl/α,β-unsaturated/α-hetero) is 1. The Kier molecular flexibility index (Phi) is 12.0. The molecule has 0 radical (unpaired) electrons. The average molecular weight is 330 g/mol. The van der Waals surface area contributed by atoms with Gasteiger partial charge in [0.1, 0.15) is 6.04 Å². The maximum Gasteiger partial charge on any atom is 0.407 e. The Hall–Kier alpha value is -1.63. The molecule has 0 heterocycles. The highest BCUT2D eigenvalue weighted by molar-refractivity contribution is 5.90. The molecule has 0 aliphatic rings. The van der Waals surface area contributed by atoms with Gasteiger partial charge in [0.15, 0.2) is 5.78 Å². The number of hydrogen-bond acceptors (Lipinski definition) is 5. The van der Waals surface area contributed by atoms with Gasteiger partial charge in [0, 0.05) is 13.0 Å². The summed E-state index contributed by atoms with van der Waals surface area (Å²) in [6, 6.07) is -0.879. The van der Waals surface area contributed by atoms with Gasteiger partial charge in [0.2, 0.25) is 5.91 Å². The number of amides is 2. The van der Waals surface area contributed by atoms with Crippen molar-refractivity contribution in [1.29, 1.82) is 0 Å². The second kappa shape index (κ2) is 12.9. The van der Waals surface area contributed by atoms with Gasteiger partial charge in [-0.05, 0) is 25.7 Å². The Labute approximate surface area is 138 Å². The number of ketones is 1. The molecule has 0 aromatic rings. The number of hydrogen-bond donors (Lipinski definition) is 2. The van der Waals surface area contributed by atoms with Crippen molar-refractivity contribution in [2.24, 2.45) is 5.92 Å². The summed E-state index contributed by atoms with van der Waals surface area (Å²) in [5.41, 5.74) is 0. The van der Waals surface area contributed by atoms with Crippen molar-refractivity contribution in [3.05, 3.63) is 0 Å². The molecule has 2 N–H and O–H groups in total. The van der Waals surface area contributed by atoms with Crippen molar-refractivity contribution in [1.82, 2.24) is 10.6 Å². The SMILES string of the molecule is CCCC(=O)CNC(=O)C(COCC)NC(=O)OCCC(C)C. The highest BCUT2D eigenvalue weighted by Crippen LogP contribution is 1.99. The molecule has 0 saturated carbocycles. The van der Waals surface area contributed by atoms with Crippen LogP contribution in [-0.4, -0.2) is 50.2 Å². The van der Waals surface area contributed by atoms with E-state index in [1.165, 1.54) is 0 Å². The first-order valence-electron chi connectivity index (χ1n) is 8.21. The predicted octanol–water partition coefficient (Wildman–Crippen LogP) is 1.65. The van der Waals surface area contributed by atoms with E-state index in [9.17, 15) is 14.4 Å². The molecule has 134 valence electrons. The Balaban J connectivity index is 4.34. The van der Waals surface area contributed by atoms with Gasteiger partial charge in [-0.15, -0.1) is 0 Å². The molecule has 2 amide bonds. The Morgan fingerprint density at radius 3 is 2.39 bits per heavy atom. The van der Waals surface area contributed by atoms with Gasteiger partial charge in [-0.25, -0.2) is 4.79 Å². The molecule has 0 aromatic carbocycles. The van der Waals surface area contributed by atoms with E-state index in [-0.39, 0.29) is 18.9 Å². The number of carbonyl (C=O) groups excluding carboxylic acids is 3. The van der Waals surface area contributed by atoms with E-state index in [1.807, 2.05) is 20.8 Å². The zero-order valence-electron chi connectivity index (χ0n) is 14.6. The van der Waals surface area contributed by atoms with Gasteiger partial charge in [-0.2, -0.15) is 0 Å². The van der Waals surface area contributed by atoms with Gasteiger partial charge in [-0.3, -0.25) is 9.59 Å². The minimum Gasteiger partial charge on any atom is -0.450 e. The van der Waals surface area contributed by atoms with E-state index in [0.29, 0.717) is 25.6 Å². The lowest BCUT2D eigenvalue weighted by atomic mass is 10.1. The number of rotatable bonds is 12. The monoisotopic (exact) mass is 330 g/mol. The van der Waals surface area contributed by atoms with E-state index in [0.717, 1.165) is 12.8 Å². The van der Waals surface area contributed by atoms with Crippen LogP contribution >= 0.6 is 0 Å². The third-order valence-electron chi connectivity index (χ3n) is 3.01. The molecular formula is C16H30N2O5. The summed E-state index contributed by atoms with van der Waals surface area (Å²) in [5.74, 6) is -0.0749. The molecule has 0 saturated heterocycles. The predicted molar refractivity (Wildman–Crippen MR) is 87.1 cm³/mol. The molecule has 0 bridgehead atoms. The molecule has 1 unspecified atom stereocenters. The maximum atomic E-state index is 12.1. The van der Waals surface area contributed by atoms with Crippen molar-refractivity contribution in [2.45, 2.75) is 53.0 Å². The van der Waals surface area contributed by atoms with Crippen LogP contribution in [0.25, 0.3) is 0 Å². The molecule has 0 aromatic heterocycles. The first-order chi connectivity index (χ1) is 10.9. The third kappa shape index (κ3) is 11.6. The van der Waals surface area contributed by atoms with E-state index in [2.05, 4.69) is 10.6 Å². The summed E-state index contributed by atoms with van der Waals surface area (Å²) in [7, 11) is 0. The summed E-state index contributed by atoms with van der Waals surface area (Å²) < 4.78 is 10.2. The summed E-state index contributed by atoms with van der Waals surface area (Å²) in [4.78, 5) is 35.2. The van der Waals surface area contributed by atoms with Crippen molar-refractivity contribution in [3.63, 3.8) is 0 Å². The van der Waals surface area contributed by atoms with Crippen LogP contribution in [0.3, 0.4) is 0 Å². The molecule has 0 aliphatic carbocycles. The summed E-state index contributed by atoms with van der Waals surface area (Å²) >= 11 is 0. The van der Waals surface area contributed by atoms with Crippen LogP contribution in [0, 0.1) is 5.92 Å². The fraction of sp³-hybridized carbons (Fsp3) is 0.812. The minimum absolute atomic E-state index is 0.0313. The fourth-order valence-electron chi connectivity index (χ4n) is 1.67. The number of alkyl carbamates (subject to hydrolysis) is 1. The van der Waals surface area contributed by atoms with Crippen LogP contribution < -0.4 is 10.6 Å². The largest absolute Gasteiger partial charge is 0.450 e. The molecule has 7 nitrogen and oxygen atoms in total. The van der Waals surface area contributed by atoms with Crippen LogP contribution in [0.4, 0.5) is 4.79 Å². The number of carbonyl (C=O) groups is 3. The smallest absolute Gasteiger partial charge is 0.407 e.